The molecule has 0 saturated carbocycles. The Bertz CT molecular complexity index is 159. The van der Waals surface area contributed by atoms with Gasteiger partial charge in [-0.05, 0) is 19.3 Å². The van der Waals surface area contributed by atoms with Gasteiger partial charge in [0.1, 0.15) is 5.78 Å². The molecule has 0 aromatic heterocycles. The van der Waals surface area contributed by atoms with Gasteiger partial charge in [-0.1, -0.05) is 27.7 Å². The number of ketones is 1. The second kappa shape index (κ2) is 5.38. The first-order chi connectivity index (χ1) is 5.86. The van der Waals surface area contributed by atoms with E-state index >= 15 is 0 Å². The van der Waals surface area contributed by atoms with Crippen LogP contribution in [0.3, 0.4) is 0 Å². The Kier molecular flexibility index (Phi) is 5.23. The van der Waals surface area contributed by atoms with E-state index in [9.17, 15) is 9.90 Å². The molecule has 0 rings (SSSR count). The molecule has 0 aliphatic rings. The molecular weight excluding hydrogens is 164 g/mol. The highest BCUT2D eigenvalue weighted by atomic mass is 16.3. The third kappa shape index (κ3) is 4.41. The zero-order valence-corrected chi connectivity index (χ0v) is 9.37. The van der Waals surface area contributed by atoms with Crippen molar-refractivity contribution in [2.75, 3.05) is 0 Å². The zero-order valence-electron chi connectivity index (χ0n) is 9.37. The molecule has 2 atom stereocenters. The van der Waals surface area contributed by atoms with E-state index in [1.54, 1.807) is 6.92 Å². The lowest BCUT2D eigenvalue weighted by atomic mass is 9.85. The Hall–Kier alpha value is -0.370. The van der Waals surface area contributed by atoms with Crippen LogP contribution in [0.4, 0.5) is 0 Å². The first kappa shape index (κ1) is 12.6. The van der Waals surface area contributed by atoms with E-state index in [-0.39, 0.29) is 17.6 Å². The van der Waals surface area contributed by atoms with Gasteiger partial charge in [-0.2, -0.15) is 0 Å². The van der Waals surface area contributed by atoms with Crippen LogP contribution in [0.25, 0.3) is 0 Å². The fraction of sp³-hybridized carbons (Fsp3) is 0.909. The van der Waals surface area contributed by atoms with Crippen LogP contribution in [-0.2, 0) is 4.79 Å². The third-order valence-electron chi connectivity index (χ3n) is 2.24. The van der Waals surface area contributed by atoms with Gasteiger partial charge in [-0.15, -0.1) is 0 Å². The molecule has 1 N–H and O–H groups in total. The third-order valence-corrected chi connectivity index (χ3v) is 2.24. The molecule has 0 aromatic rings. The molecule has 0 spiro atoms. The number of hydrogen-bond donors (Lipinski definition) is 1. The molecule has 0 aliphatic carbocycles. The molecule has 0 heterocycles. The molecular formula is C11H22O2. The Balaban J connectivity index is 4.33. The Labute approximate surface area is 81.3 Å². The predicted molar refractivity (Wildman–Crippen MR) is 54.5 cm³/mol. The largest absolute Gasteiger partial charge is 0.393 e. The summed E-state index contributed by atoms with van der Waals surface area (Å²) in [6.45, 7) is 9.62. The summed E-state index contributed by atoms with van der Waals surface area (Å²) in [5, 5.41) is 9.46. The lowest BCUT2D eigenvalue weighted by Gasteiger charge is -2.22. The van der Waals surface area contributed by atoms with Crippen LogP contribution in [-0.4, -0.2) is 17.0 Å². The number of aliphatic hydroxyl groups excluding tert-OH is 1. The molecule has 78 valence electrons. The van der Waals surface area contributed by atoms with Crippen molar-refractivity contribution in [3.05, 3.63) is 0 Å². The number of hydrogen-bond acceptors (Lipinski definition) is 2. The van der Waals surface area contributed by atoms with Gasteiger partial charge >= 0.3 is 0 Å². The topological polar surface area (TPSA) is 37.3 Å². The van der Waals surface area contributed by atoms with Crippen molar-refractivity contribution in [2.45, 2.75) is 47.1 Å². The van der Waals surface area contributed by atoms with Crippen molar-refractivity contribution in [1.82, 2.24) is 0 Å². The molecule has 0 amide bonds. The summed E-state index contributed by atoms with van der Waals surface area (Å²) in [6.07, 6.45) is 0.270. The van der Waals surface area contributed by atoms with E-state index < -0.39 is 6.10 Å². The molecule has 0 fully saturated rings. The van der Waals surface area contributed by atoms with Gasteiger partial charge < -0.3 is 5.11 Å². The molecule has 2 heteroatoms. The number of carbonyl (C=O) groups excluding carboxylic acids is 1. The van der Waals surface area contributed by atoms with Crippen LogP contribution in [0, 0.1) is 17.8 Å². The summed E-state index contributed by atoms with van der Waals surface area (Å²) in [7, 11) is 0. The molecule has 0 radical (unpaired) electrons. The average molecular weight is 186 g/mol. The highest BCUT2D eigenvalue weighted by molar-refractivity contribution is 5.83. The van der Waals surface area contributed by atoms with Crippen molar-refractivity contribution in [3.63, 3.8) is 0 Å². The Morgan fingerprint density at radius 3 is 1.85 bits per heavy atom. The van der Waals surface area contributed by atoms with Gasteiger partial charge in [0, 0.05) is 11.8 Å². The van der Waals surface area contributed by atoms with Crippen molar-refractivity contribution < 1.29 is 9.90 Å². The smallest absolute Gasteiger partial charge is 0.141 e. The molecule has 2 nitrogen and oxygen atoms in total. The second-order valence-electron chi connectivity index (χ2n) is 4.53. The van der Waals surface area contributed by atoms with Crippen LogP contribution < -0.4 is 0 Å². The van der Waals surface area contributed by atoms with Crippen molar-refractivity contribution in [1.29, 1.82) is 0 Å². The second-order valence-corrected chi connectivity index (χ2v) is 4.53. The normalized spacial score (nSPS) is 16.3. The monoisotopic (exact) mass is 186 g/mol. The van der Waals surface area contributed by atoms with E-state index in [4.69, 9.17) is 0 Å². The van der Waals surface area contributed by atoms with Crippen LogP contribution in [0.5, 0.6) is 0 Å². The lowest BCUT2D eigenvalue weighted by molar-refractivity contribution is -0.129. The van der Waals surface area contributed by atoms with Crippen LogP contribution >= 0.6 is 0 Å². The summed E-state index contributed by atoms with van der Waals surface area (Å²) in [5.74, 6) is 0.490. The predicted octanol–water partition coefficient (Wildman–Crippen LogP) is 2.25. The number of rotatable bonds is 5. The molecule has 1 unspecified atom stereocenters. The summed E-state index contributed by atoms with van der Waals surface area (Å²) in [6, 6.07) is 0. The maximum atomic E-state index is 11.7. The molecule has 0 saturated heterocycles. The van der Waals surface area contributed by atoms with Crippen molar-refractivity contribution >= 4 is 5.78 Å². The fourth-order valence-electron chi connectivity index (χ4n) is 1.49. The first-order valence-electron chi connectivity index (χ1n) is 5.08. The zero-order chi connectivity index (χ0) is 10.6. The standard InChI is InChI=1S/C11H22O2/c1-7(2)6-10(9(5)12)11(13)8(3)4/h7-10,12H,6H2,1-5H3/t9?,10-/m0/s1. The van der Waals surface area contributed by atoms with Crippen LogP contribution in [0.1, 0.15) is 41.0 Å². The van der Waals surface area contributed by atoms with E-state index in [2.05, 4.69) is 13.8 Å². The molecule has 13 heavy (non-hydrogen) atoms. The summed E-state index contributed by atoms with van der Waals surface area (Å²) in [5.41, 5.74) is 0. The number of aliphatic hydroxyl groups is 1. The molecule has 0 bridgehead atoms. The van der Waals surface area contributed by atoms with E-state index in [1.807, 2.05) is 13.8 Å². The van der Waals surface area contributed by atoms with Crippen molar-refractivity contribution in [2.24, 2.45) is 17.8 Å². The van der Waals surface area contributed by atoms with Crippen molar-refractivity contribution in [3.8, 4) is 0 Å². The number of carbonyl (C=O) groups is 1. The lowest BCUT2D eigenvalue weighted by Crippen LogP contribution is -2.30. The van der Waals surface area contributed by atoms with E-state index in [1.165, 1.54) is 0 Å². The SMILES string of the molecule is CC(C)C[C@H](C(=O)C(C)C)C(C)O. The van der Waals surface area contributed by atoms with E-state index in [0.717, 1.165) is 6.42 Å². The minimum absolute atomic E-state index is 0.0262. The van der Waals surface area contributed by atoms with Crippen LogP contribution in [0.2, 0.25) is 0 Å². The number of Topliss-reactive ketones (excluding diaryl/α,β-unsaturated/α-hetero) is 1. The van der Waals surface area contributed by atoms with E-state index in [0.29, 0.717) is 5.92 Å². The van der Waals surface area contributed by atoms with Gasteiger partial charge in [0.2, 0.25) is 0 Å². The quantitative estimate of drug-likeness (QED) is 0.715. The maximum Gasteiger partial charge on any atom is 0.141 e. The minimum Gasteiger partial charge on any atom is -0.393 e. The fourth-order valence-corrected chi connectivity index (χ4v) is 1.49. The van der Waals surface area contributed by atoms with Gasteiger partial charge in [-0.25, -0.2) is 0 Å². The van der Waals surface area contributed by atoms with Gasteiger partial charge in [0.15, 0.2) is 0 Å². The maximum absolute atomic E-state index is 11.7. The molecule has 0 aromatic carbocycles. The summed E-state index contributed by atoms with van der Waals surface area (Å²) >= 11 is 0. The van der Waals surface area contributed by atoms with Crippen LogP contribution in [0.15, 0.2) is 0 Å². The first-order valence-corrected chi connectivity index (χ1v) is 5.08. The highest BCUT2D eigenvalue weighted by Gasteiger charge is 2.26. The van der Waals surface area contributed by atoms with Gasteiger partial charge in [0.05, 0.1) is 6.10 Å². The van der Waals surface area contributed by atoms with Gasteiger partial charge in [-0.3, -0.25) is 4.79 Å². The average Bonchev–Trinajstić information content (AvgIpc) is 1.97. The summed E-state index contributed by atoms with van der Waals surface area (Å²) in [4.78, 5) is 11.7. The summed E-state index contributed by atoms with van der Waals surface area (Å²) < 4.78 is 0. The van der Waals surface area contributed by atoms with Gasteiger partial charge in [0.25, 0.3) is 0 Å². The Morgan fingerprint density at radius 2 is 1.62 bits per heavy atom. The highest BCUT2D eigenvalue weighted by Crippen LogP contribution is 2.20. The minimum atomic E-state index is -0.516. The molecule has 0 aliphatic heterocycles. The Morgan fingerprint density at radius 1 is 1.15 bits per heavy atom.